The molecule has 3 aromatic rings. The summed E-state index contributed by atoms with van der Waals surface area (Å²) in [6.45, 7) is 4.74. The lowest BCUT2D eigenvalue weighted by Gasteiger charge is -2.24. The van der Waals surface area contributed by atoms with Crippen molar-refractivity contribution in [1.29, 1.82) is 0 Å². The molecule has 1 N–H and O–H groups in total. The number of aryl methyl sites for hydroxylation is 2. The van der Waals surface area contributed by atoms with Crippen molar-refractivity contribution >= 4 is 37.5 Å². The maximum absolute atomic E-state index is 13.4. The normalized spacial score (nSPS) is 11.2. The fourth-order valence-corrected chi connectivity index (χ4v) is 5.20. The molecule has 0 spiro atoms. The third-order valence-electron chi connectivity index (χ3n) is 5.39. The summed E-state index contributed by atoms with van der Waals surface area (Å²) >= 11 is 3.37. The molecule has 0 unspecified atom stereocenters. The van der Waals surface area contributed by atoms with Crippen molar-refractivity contribution in [3.8, 4) is 5.75 Å². The van der Waals surface area contributed by atoms with Crippen LogP contribution in [0.5, 0.6) is 5.75 Å². The Labute approximate surface area is 216 Å². The van der Waals surface area contributed by atoms with Crippen LogP contribution in [-0.4, -0.2) is 34.0 Å². The highest BCUT2D eigenvalue weighted by atomic mass is 79.9. The molecule has 0 fully saturated rings. The molecular weight excluding hydrogens is 528 g/mol. The number of nitrogens with zero attached hydrogens (tertiary/aromatic N) is 1. The molecule has 0 aromatic heterocycles. The van der Waals surface area contributed by atoms with Gasteiger partial charge < -0.3 is 10.1 Å². The number of ether oxygens (including phenoxy) is 1. The lowest BCUT2D eigenvalue weighted by atomic mass is 10.1. The van der Waals surface area contributed by atoms with E-state index < -0.39 is 10.0 Å². The molecule has 8 heteroatoms. The first-order valence-corrected chi connectivity index (χ1v) is 13.9. The van der Waals surface area contributed by atoms with Gasteiger partial charge in [-0.05, 0) is 74.2 Å². The summed E-state index contributed by atoms with van der Waals surface area (Å²) in [5.74, 6) is 0.505. The summed E-state index contributed by atoms with van der Waals surface area (Å²) in [4.78, 5) is 12.9. The zero-order valence-electron chi connectivity index (χ0n) is 20.0. The van der Waals surface area contributed by atoms with Gasteiger partial charge in [-0.2, -0.15) is 0 Å². The van der Waals surface area contributed by atoms with Gasteiger partial charge in [-0.15, -0.1) is 0 Å². The molecule has 0 radical (unpaired) electrons. The average molecular weight is 560 g/mol. The van der Waals surface area contributed by atoms with Gasteiger partial charge in [-0.3, -0.25) is 9.10 Å². The number of hydrogen-bond acceptors (Lipinski definition) is 4. The standard InChI is InChI=1S/C27H31BrN2O4S/c1-3-19-34-26-9-5-4-7-22(26)8-6-18-29-27(31)20-30(24-14-12-23(28)13-15-24)35(32,33)25-16-10-21(2)11-17-25/h4-5,7,9-17H,3,6,8,18-20H2,1-2H3,(H,29,31). The molecule has 6 nitrogen and oxygen atoms in total. The average Bonchev–Trinajstić information content (AvgIpc) is 2.85. The molecule has 186 valence electrons. The van der Waals surface area contributed by atoms with Crippen LogP contribution in [0.15, 0.2) is 82.2 Å². The molecular formula is C27H31BrN2O4S. The number of hydrogen-bond donors (Lipinski definition) is 1. The van der Waals surface area contributed by atoms with Crippen molar-refractivity contribution in [3.63, 3.8) is 0 Å². The van der Waals surface area contributed by atoms with E-state index >= 15 is 0 Å². The Bertz CT molecular complexity index is 1210. The zero-order valence-corrected chi connectivity index (χ0v) is 22.4. The Hall–Kier alpha value is -2.84. The summed E-state index contributed by atoms with van der Waals surface area (Å²) in [5, 5.41) is 2.86. The minimum Gasteiger partial charge on any atom is -0.493 e. The number of benzene rings is 3. The van der Waals surface area contributed by atoms with E-state index in [0.29, 0.717) is 25.3 Å². The number of sulfonamides is 1. The molecule has 0 heterocycles. The summed E-state index contributed by atoms with van der Waals surface area (Å²) in [6.07, 6.45) is 2.39. The van der Waals surface area contributed by atoms with E-state index in [1.54, 1.807) is 48.5 Å². The second-order valence-corrected chi connectivity index (χ2v) is 11.0. The Kier molecular flexibility index (Phi) is 9.74. The highest BCUT2D eigenvalue weighted by molar-refractivity contribution is 9.10. The molecule has 3 rings (SSSR count). The highest BCUT2D eigenvalue weighted by Crippen LogP contribution is 2.25. The summed E-state index contributed by atoms with van der Waals surface area (Å²) in [6, 6.07) is 21.4. The van der Waals surface area contributed by atoms with Crippen LogP contribution in [-0.2, 0) is 21.2 Å². The largest absolute Gasteiger partial charge is 0.493 e. The summed E-state index contributed by atoms with van der Waals surface area (Å²) in [5.41, 5.74) is 2.47. The van der Waals surface area contributed by atoms with Crippen LogP contribution in [0.2, 0.25) is 0 Å². The molecule has 3 aromatic carbocycles. The van der Waals surface area contributed by atoms with Crippen LogP contribution in [0.1, 0.15) is 30.9 Å². The number of amides is 1. The fourth-order valence-electron chi connectivity index (χ4n) is 3.52. The van der Waals surface area contributed by atoms with Gasteiger partial charge >= 0.3 is 0 Å². The Morgan fingerprint density at radius 1 is 1.00 bits per heavy atom. The first kappa shape index (κ1) is 26.8. The molecule has 0 saturated heterocycles. The van der Waals surface area contributed by atoms with Crippen LogP contribution in [0.25, 0.3) is 0 Å². The molecule has 0 bridgehead atoms. The van der Waals surface area contributed by atoms with Gasteiger partial charge in [0.2, 0.25) is 5.91 Å². The van der Waals surface area contributed by atoms with E-state index in [1.165, 1.54) is 0 Å². The molecule has 0 atom stereocenters. The van der Waals surface area contributed by atoms with Crippen molar-refractivity contribution < 1.29 is 17.9 Å². The van der Waals surface area contributed by atoms with Crippen LogP contribution in [0, 0.1) is 6.92 Å². The number of carbonyl (C=O) groups excluding carboxylic acids is 1. The van der Waals surface area contributed by atoms with Crippen LogP contribution < -0.4 is 14.4 Å². The SMILES string of the molecule is CCCOc1ccccc1CCCNC(=O)CN(c1ccc(Br)cc1)S(=O)(=O)c1ccc(C)cc1. The predicted octanol–water partition coefficient (Wildman–Crippen LogP) is 5.49. The van der Waals surface area contributed by atoms with Crippen LogP contribution in [0.3, 0.4) is 0 Å². The lowest BCUT2D eigenvalue weighted by molar-refractivity contribution is -0.119. The highest BCUT2D eigenvalue weighted by Gasteiger charge is 2.27. The second-order valence-electron chi connectivity index (χ2n) is 8.21. The summed E-state index contributed by atoms with van der Waals surface area (Å²) < 4.78 is 34.6. The third-order valence-corrected chi connectivity index (χ3v) is 7.71. The van der Waals surface area contributed by atoms with E-state index in [-0.39, 0.29) is 17.3 Å². The van der Waals surface area contributed by atoms with Crippen molar-refractivity contribution in [2.45, 2.75) is 38.0 Å². The van der Waals surface area contributed by atoms with E-state index in [4.69, 9.17) is 4.74 Å². The van der Waals surface area contributed by atoms with E-state index in [2.05, 4.69) is 28.2 Å². The van der Waals surface area contributed by atoms with E-state index in [9.17, 15) is 13.2 Å². The summed E-state index contributed by atoms with van der Waals surface area (Å²) in [7, 11) is -3.93. The Balaban J connectivity index is 1.66. The van der Waals surface area contributed by atoms with E-state index in [1.807, 2.05) is 31.2 Å². The van der Waals surface area contributed by atoms with Gasteiger partial charge in [0.25, 0.3) is 10.0 Å². The van der Waals surface area contributed by atoms with Crippen molar-refractivity contribution in [3.05, 3.63) is 88.4 Å². The first-order chi connectivity index (χ1) is 16.8. The van der Waals surface area contributed by atoms with Gasteiger partial charge in [0.15, 0.2) is 0 Å². The van der Waals surface area contributed by atoms with Gasteiger partial charge in [0.1, 0.15) is 12.3 Å². The fraction of sp³-hybridized carbons (Fsp3) is 0.296. The van der Waals surface area contributed by atoms with Crippen molar-refractivity contribution in [1.82, 2.24) is 5.32 Å². The maximum Gasteiger partial charge on any atom is 0.264 e. The molecule has 0 saturated carbocycles. The van der Waals surface area contributed by atoms with Crippen molar-refractivity contribution in [2.24, 2.45) is 0 Å². The lowest BCUT2D eigenvalue weighted by Crippen LogP contribution is -2.41. The molecule has 0 aliphatic rings. The number of anilines is 1. The third kappa shape index (κ3) is 7.57. The van der Waals surface area contributed by atoms with Crippen LogP contribution in [0.4, 0.5) is 5.69 Å². The van der Waals surface area contributed by atoms with E-state index in [0.717, 1.165) is 38.5 Å². The zero-order chi connectivity index (χ0) is 25.3. The number of nitrogens with one attached hydrogen (secondary N) is 1. The minimum absolute atomic E-state index is 0.141. The van der Waals surface area contributed by atoms with Gasteiger partial charge in [0, 0.05) is 11.0 Å². The van der Waals surface area contributed by atoms with Crippen LogP contribution >= 0.6 is 15.9 Å². The molecule has 1 amide bonds. The maximum atomic E-state index is 13.4. The second kappa shape index (κ2) is 12.7. The number of para-hydroxylation sites is 1. The number of halogens is 1. The molecule has 35 heavy (non-hydrogen) atoms. The minimum atomic E-state index is -3.93. The van der Waals surface area contributed by atoms with Gasteiger partial charge in [0.05, 0.1) is 17.2 Å². The topological polar surface area (TPSA) is 75.7 Å². The molecule has 0 aliphatic carbocycles. The Morgan fingerprint density at radius 3 is 2.37 bits per heavy atom. The van der Waals surface area contributed by atoms with Crippen molar-refractivity contribution in [2.75, 3.05) is 24.0 Å². The Morgan fingerprint density at radius 2 is 1.69 bits per heavy atom. The number of carbonyl (C=O) groups is 1. The quantitative estimate of drug-likeness (QED) is 0.298. The van der Waals surface area contributed by atoms with Gasteiger partial charge in [-0.1, -0.05) is 58.7 Å². The molecule has 0 aliphatic heterocycles. The smallest absolute Gasteiger partial charge is 0.264 e. The first-order valence-electron chi connectivity index (χ1n) is 11.6. The predicted molar refractivity (Wildman–Crippen MR) is 143 cm³/mol. The van der Waals surface area contributed by atoms with Gasteiger partial charge in [-0.25, -0.2) is 8.42 Å². The number of rotatable bonds is 12. The monoisotopic (exact) mass is 558 g/mol.